The molecule has 3 nitrogen and oxygen atoms in total. The van der Waals surface area contributed by atoms with Crippen LogP contribution in [-0.2, 0) is 22.6 Å². The quantitative estimate of drug-likeness (QED) is 0.694. The highest BCUT2D eigenvalue weighted by atomic mass is 79.9. The third kappa shape index (κ3) is 4.10. The average molecular weight is 320 g/mol. The molecule has 0 aromatic heterocycles. The highest BCUT2D eigenvalue weighted by Gasteiger charge is 2.06. The smallest absolute Gasteiger partial charge is 0.310 e. The van der Waals surface area contributed by atoms with Gasteiger partial charge >= 0.3 is 5.97 Å². The third-order valence-corrected chi connectivity index (χ3v) is 3.42. The number of hydrogen-bond donors (Lipinski definition) is 1. The molecule has 2 N–H and O–H groups in total. The maximum atomic E-state index is 11.7. The summed E-state index contributed by atoms with van der Waals surface area (Å²) in [5.41, 5.74) is 8.12. The first-order chi connectivity index (χ1) is 9.15. The van der Waals surface area contributed by atoms with Gasteiger partial charge in [-0.3, -0.25) is 4.79 Å². The summed E-state index contributed by atoms with van der Waals surface area (Å²) in [4.78, 5) is 11.7. The van der Waals surface area contributed by atoms with Crippen LogP contribution in [0.25, 0.3) is 0 Å². The van der Waals surface area contributed by atoms with E-state index in [2.05, 4.69) is 15.9 Å². The molecule has 0 saturated heterocycles. The van der Waals surface area contributed by atoms with E-state index in [1.807, 2.05) is 36.4 Å². The van der Waals surface area contributed by atoms with Crippen molar-refractivity contribution in [2.24, 2.45) is 0 Å². The highest BCUT2D eigenvalue weighted by molar-refractivity contribution is 9.10. The lowest BCUT2D eigenvalue weighted by atomic mass is 10.1. The first kappa shape index (κ1) is 13.6. The molecule has 4 heteroatoms. The van der Waals surface area contributed by atoms with Crippen molar-refractivity contribution in [1.29, 1.82) is 0 Å². The van der Waals surface area contributed by atoms with E-state index >= 15 is 0 Å². The summed E-state index contributed by atoms with van der Waals surface area (Å²) in [6.07, 6.45) is 0.232. The number of ether oxygens (including phenoxy) is 1. The fourth-order valence-corrected chi connectivity index (χ4v) is 2.09. The Kier molecular flexibility index (Phi) is 4.58. The largest absolute Gasteiger partial charge is 0.461 e. The number of nitrogens with two attached hydrogens (primary N) is 1. The summed E-state index contributed by atoms with van der Waals surface area (Å²) in [5, 5.41) is 0. The van der Waals surface area contributed by atoms with Gasteiger partial charge in [-0.2, -0.15) is 0 Å². The van der Waals surface area contributed by atoms with Gasteiger partial charge < -0.3 is 10.5 Å². The Labute approximate surface area is 120 Å². The molecule has 2 aromatic carbocycles. The van der Waals surface area contributed by atoms with Gasteiger partial charge in [-0.25, -0.2) is 0 Å². The minimum absolute atomic E-state index is 0.232. The molecule has 2 rings (SSSR count). The van der Waals surface area contributed by atoms with Gasteiger partial charge in [-0.1, -0.05) is 46.3 Å². The third-order valence-electron chi connectivity index (χ3n) is 2.65. The van der Waals surface area contributed by atoms with Crippen LogP contribution in [0.3, 0.4) is 0 Å². The van der Waals surface area contributed by atoms with Gasteiger partial charge in [0.15, 0.2) is 0 Å². The van der Waals surface area contributed by atoms with Crippen LogP contribution in [0.5, 0.6) is 0 Å². The van der Waals surface area contributed by atoms with Gasteiger partial charge in [0.1, 0.15) is 6.61 Å². The summed E-state index contributed by atoms with van der Waals surface area (Å²) in [7, 11) is 0. The van der Waals surface area contributed by atoms with E-state index < -0.39 is 0 Å². The molecular formula is C15H14BrNO2. The van der Waals surface area contributed by atoms with Gasteiger partial charge in [0.2, 0.25) is 0 Å². The summed E-state index contributed by atoms with van der Waals surface area (Å²) < 4.78 is 6.18. The second-order valence-electron chi connectivity index (χ2n) is 4.17. The van der Waals surface area contributed by atoms with Gasteiger partial charge in [0.05, 0.1) is 6.42 Å². The fraction of sp³-hybridized carbons (Fsp3) is 0.133. The number of rotatable bonds is 4. The van der Waals surface area contributed by atoms with Crippen LogP contribution >= 0.6 is 15.9 Å². The molecule has 0 heterocycles. The number of carbonyl (C=O) groups is 1. The molecule has 0 unspecified atom stereocenters. The summed E-state index contributed by atoms with van der Waals surface area (Å²) in [6, 6.07) is 14.9. The van der Waals surface area contributed by atoms with Crippen molar-refractivity contribution < 1.29 is 9.53 Å². The van der Waals surface area contributed by atoms with E-state index in [9.17, 15) is 4.79 Å². The van der Waals surface area contributed by atoms with Crippen LogP contribution in [0.4, 0.5) is 5.69 Å². The lowest BCUT2D eigenvalue weighted by molar-refractivity contribution is -0.144. The number of esters is 1. The number of halogens is 1. The van der Waals surface area contributed by atoms with E-state index in [0.29, 0.717) is 5.69 Å². The summed E-state index contributed by atoms with van der Waals surface area (Å²) in [5.74, 6) is -0.263. The number of hydrogen-bond acceptors (Lipinski definition) is 3. The van der Waals surface area contributed by atoms with E-state index in [0.717, 1.165) is 15.6 Å². The number of benzene rings is 2. The topological polar surface area (TPSA) is 52.3 Å². The zero-order valence-corrected chi connectivity index (χ0v) is 11.9. The molecule has 0 radical (unpaired) electrons. The van der Waals surface area contributed by atoms with E-state index in [1.165, 1.54) is 0 Å². The first-order valence-electron chi connectivity index (χ1n) is 5.88. The lowest BCUT2D eigenvalue weighted by Gasteiger charge is -2.07. The van der Waals surface area contributed by atoms with E-state index in [1.54, 1.807) is 12.1 Å². The second-order valence-corrected chi connectivity index (χ2v) is 5.03. The Balaban J connectivity index is 1.90. The van der Waals surface area contributed by atoms with Gasteiger partial charge in [0, 0.05) is 15.7 Å². The molecule has 0 aliphatic rings. The average Bonchev–Trinajstić information content (AvgIpc) is 2.38. The number of nitrogen functional groups attached to an aromatic ring is 1. The molecule has 0 atom stereocenters. The molecular weight excluding hydrogens is 306 g/mol. The van der Waals surface area contributed by atoms with Crippen molar-refractivity contribution in [3.8, 4) is 0 Å². The Hall–Kier alpha value is -1.81. The van der Waals surface area contributed by atoms with Crippen molar-refractivity contribution in [2.45, 2.75) is 13.0 Å². The molecule has 0 aliphatic heterocycles. The van der Waals surface area contributed by atoms with Crippen LogP contribution in [0.15, 0.2) is 53.0 Å². The highest BCUT2D eigenvalue weighted by Crippen LogP contribution is 2.17. The molecule has 98 valence electrons. The normalized spacial score (nSPS) is 10.2. The van der Waals surface area contributed by atoms with Crippen molar-refractivity contribution in [3.05, 3.63) is 64.1 Å². The molecule has 0 spiro atoms. The predicted molar refractivity (Wildman–Crippen MR) is 78.5 cm³/mol. The van der Waals surface area contributed by atoms with E-state index in [4.69, 9.17) is 10.5 Å². The van der Waals surface area contributed by atoms with Gasteiger partial charge in [0.25, 0.3) is 0 Å². The molecule has 19 heavy (non-hydrogen) atoms. The fourth-order valence-electron chi connectivity index (χ4n) is 1.69. The summed E-state index contributed by atoms with van der Waals surface area (Å²) >= 11 is 3.41. The lowest BCUT2D eigenvalue weighted by Crippen LogP contribution is -2.08. The zero-order valence-electron chi connectivity index (χ0n) is 10.3. The van der Waals surface area contributed by atoms with Crippen molar-refractivity contribution in [1.82, 2.24) is 0 Å². The van der Waals surface area contributed by atoms with Gasteiger partial charge in [-0.15, -0.1) is 0 Å². The van der Waals surface area contributed by atoms with Crippen molar-refractivity contribution in [2.75, 3.05) is 5.73 Å². The van der Waals surface area contributed by atoms with Crippen molar-refractivity contribution >= 4 is 27.6 Å². The Morgan fingerprint density at radius 2 is 1.95 bits per heavy atom. The van der Waals surface area contributed by atoms with Crippen LogP contribution in [0, 0.1) is 0 Å². The van der Waals surface area contributed by atoms with E-state index in [-0.39, 0.29) is 19.0 Å². The molecule has 0 aliphatic carbocycles. The van der Waals surface area contributed by atoms with Gasteiger partial charge in [-0.05, 0) is 23.8 Å². The summed E-state index contributed by atoms with van der Waals surface area (Å²) in [6.45, 7) is 0.266. The maximum Gasteiger partial charge on any atom is 0.310 e. The molecule has 2 aromatic rings. The monoisotopic (exact) mass is 319 g/mol. The number of carbonyl (C=O) groups excluding carboxylic acids is 1. The predicted octanol–water partition coefficient (Wildman–Crippen LogP) is 3.32. The Morgan fingerprint density at radius 1 is 1.16 bits per heavy atom. The molecule has 0 saturated carbocycles. The van der Waals surface area contributed by atoms with Crippen LogP contribution < -0.4 is 5.73 Å². The minimum atomic E-state index is -0.263. The molecule has 0 amide bonds. The standard InChI is InChI=1S/C15H14BrNO2/c16-14-7-2-1-5-12(14)10-19-15(18)9-11-4-3-6-13(17)8-11/h1-8H,9-10,17H2. The first-order valence-corrected chi connectivity index (χ1v) is 6.68. The van der Waals surface area contributed by atoms with Crippen LogP contribution in [0.2, 0.25) is 0 Å². The van der Waals surface area contributed by atoms with Crippen molar-refractivity contribution in [3.63, 3.8) is 0 Å². The Bertz CT molecular complexity index is 584. The Morgan fingerprint density at radius 3 is 2.68 bits per heavy atom. The SMILES string of the molecule is Nc1cccc(CC(=O)OCc2ccccc2Br)c1. The molecule has 0 fully saturated rings. The molecule has 0 bridgehead atoms. The van der Waals surface area contributed by atoms with Crippen LogP contribution in [-0.4, -0.2) is 5.97 Å². The van der Waals surface area contributed by atoms with Crippen LogP contribution in [0.1, 0.15) is 11.1 Å². The second kappa shape index (κ2) is 6.38. The minimum Gasteiger partial charge on any atom is -0.461 e. The zero-order chi connectivity index (χ0) is 13.7. The maximum absolute atomic E-state index is 11.7. The number of anilines is 1.